The van der Waals surface area contributed by atoms with Crippen LogP contribution in [-0.2, 0) is 12.5 Å². The number of alkyl halides is 2. The Labute approximate surface area is 150 Å². The van der Waals surface area contributed by atoms with Crippen molar-refractivity contribution in [3.05, 3.63) is 32.8 Å². The summed E-state index contributed by atoms with van der Waals surface area (Å²) >= 11 is 3.94. The second kappa shape index (κ2) is 6.76. The van der Waals surface area contributed by atoms with E-state index in [1.165, 1.54) is 23.3 Å². The van der Waals surface area contributed by atoms with Crippen LogP contribution in [0.4, 0.5) is 13.8 Å². The number of nitrogens with two attached hydrogens (primary N) is 1. The van der Waals surface area contributed by atoms with Crippen LogP contribution in [0.3, 0.4) is 0 Å². The summed E-state index contributed by atoms with van der Waals surface area (Å²) in [7, 11) is 0. The zero-order chi connectivity index (χ0) is 17.3. The van der Waals surface area contributed by atoms with Gasteiger partial charge in [-0.3, -0.25) is 0 Å². The number of nitrogens with one attached hydrogen (secondary N) is 1. The second-order valence-corrected chi connectivity index (χ2v) is 8.04. The maximum atomic E-state index is 14.5. The minimum Gasteiger partial charge on any atom is -0.370 e. The SMILES string of the molecule is CC#Cc1c(C(F)(F)[C@H](C)N)sc2c(NCc3cccs3)snc12. The number of nitrogens with zero attached hydrogens (tertiary/aromatic N) is 1. The minimum absolute atomic E-state index is 0.101. The quantitative estimate of drug-likeness (QED) is 0.620. The van der Waals surface area contributed by atoms with Gasteiger partial charge in [0.2, 0.25) is 0 Å². The van der Waals surface area contributed by atoms with Crippen LogP contribution < -0.4 is 11.1 Å². The molecule has 3 nitrogen and oxygen atoms in total. The van der Waals surface area contributed by atoms with Crippen molar-refractivity contribution in [1.29, 1.82) is 0 Å². The first-order chi connectivity index (χ1) is 11.4. The largest absolute Gasteiger partial charge is 0.370 e. The molecule has 3 aromatic heterocycles. The smallest absolute Gasteiger partial charge is 0.297 e. The fourth-order valence-electron chi connectivity index (χ4n) is 2.17. The number of rotatable bonds is 5. The zero-order valence-corrected chi connectivity index (χ0v) is 15.5. The lowest BCUT2D eigenvalue weighted by Crippen LogP contribution is -2.35. The monoisotopic (exact) mass is 383 g/mol. The molecule has 0 unspecified atom stereocenters. The average Bonchev–Trinajstić information content (AvgIpc) is 3.23. The van der Waals surface area contributed by atoms with Gasteiger partial charge >= 0.3 is 0 Å². The van der Waals surface area contributed by atoms with Crippen LogP contribution in [0.5, 0.6) is 0 Å². The molecule has 8 heteroatoms. The van der Waals surface area contributed by atoms with Gasteiger partial charge < -0.3 is 11.1 Å². The van der Waals surface area contributed by atoms with E-state index in [1.54, 1.807) is 18.3 Å². The lowest BCUT2D eigenvalue weighted by atomic mass is 10.1. The van der Waals surface area contributed by atoms with E-state index in [2.05, 4.69) is 21.5 Å². The lowest BCUT2D eigenvalue weighted by molar-refractivity contribution is -0.0220. The standard InChI is InChI=1S/C16H15F2N3S3/c1-3-5-11-12-13(23-14(11)16(17,18)9(2)19)15(24-21-12)20-8-10-6-4-7-22-10/h4,6-7,9,20H,8,19H2,1-2H3/t9-/m0/s1. The maximum absolute atomic E-state index is 14.5. The molecule has 0 saturated heterocycles. The summed E-state index contributed by atoms with van der Waals surface area (Å²) in [5.74, 6) is 2.36. The highest BCUT2D eigenvalue weighted by molar-refractivity contribution is 7.25. The molecule has 0 fully saturated rings. The van der Waals surface area contributed by atoms with Crippen LogP contribution in [0.25, 0.3) is 10.2 Å². The highest BCUT2D eigenvalue weighted by Crippen LogP contribution is 2.45. The molecule has 126 valence electrons. The Kier molecular flexibility index (Phi) is 4.88. The predicted octanol–water partition coefficient (Wildman–Crippen LogP) is 4.84. The fraction of sp³-hybridized carbons (Fsp3) is 0.312. The topological polar surface area (TPSA) is 50.9 Å². The third kappa shape index (κ3) is 3.05. The molecule has 3 N–H and O–H groups in total. The maximum Gasteiger partial charge on any atom is 0.297 e. The molecule has 24 heavy (non-hydrogen) atoms. The molecule has 1 atom stereocenters. The molecule has 0 radical (unpaired) electrons. The summed E-state index contributed by atoms with van der Waals surface area (Å²) < 4.78 is 34.0. The van der Waals surface area contributed by atoms with Crippen molar-refractivity contribution in [1.82, 2.24) is 4.37 Å². The Balaban J connectivity index is 2.03. The molecule has 3 aromatic rings. The molecule has 0 saturated carbocycles. The van der Waals surface area contributed by atoms with Gasteiger partial charge in [0.15, 0.2) is 0 Å². The Morgan fingerprint density at radius 2 is 2.25 bits per heavy atom. The fourth-order valence-corrected chi connectivity index (χ4v) is 4.98. The van der Waals surface area contributed by atoms with Crippen molar-refractivity contribution in [3.8, 4) is 11.8 Å². The first-order valence-electron chi connectivity index (χ1n) is 7.20. The van der Waals surface area contributed by atoms with Gasteiger partial charge in [-0.25, -0.2) is 0 Å². The van der Waals surface area contributed by atoms with Gasteiger partial charge in [0.25, 0.3) is 5.92 Å². The van der Waals surface area contributed by atoms with Crippen molar-refractivity contribution in [2.45, 2.75) is 32.4 Å². The molecule has 0 aliphatic rings. The summed E-state index contributed by atoms with van der Waals surface area (Å²) in [4.78, 5) is 1.07. The molecule has 3 heterocycles. The van der Waals surface area contributed by atoms with Gasteiger partial charge in [-0.1, -0.05) is 12.0 Å². The number of halogens is 2. The highest BCUT2D eigenvalue weighted by Gasteiger charge is 2.41. The molecule has 0 aliphatic carbocycles. The van der Waals surface area contributed by atoms with E-state index >= 15 is 0 Å². The normalized spacial score (nSPS) is 12.9. The van der Waals surface area contributed by atoms with Crippen molar-refractivity contribution in [2.24, 2.45) is 5.73 Å². The van der Waals surface area contributed by atoms with Gasteiger partial charge in [0, 0.05) is 4.88 Å². The molecule has 3 rings (SSSR count). The van der Waals surface area contributed by atoms with E-state index in [1.807, 2.05) is 17.5 Å². The Morgan fingerprint density at radius 1 is 1.46 bits per heavy atom. The van der Waals surface area contributed by atoms with E-state index < -0.39 is 12.0 Å². The number of anilines is 1. The zero-order valence-electron chi connectivity index (χ0n) is 13.0. The van der Waals surface area contributed by atoms with Crippen LogP contribution in [0, 0.1) is 11.8 Å². The van der Waals surface area contributed by atoms with Gasteiger partial charge in [0.1, 0.15) is 10.5 Å². The lowest BCUT2D eigenvalue weighted by Gasteiger charge is -2.19. The van der Waals surface area contributed by atoms with Crippen molar-refractivity contribution >= 4 is 49.4 Å². The Bertz CT molecular complexity index is 898. The highest BCUT2D eigenvalue weighted by atomic mass is 32.1. The minimum atomic E-state index is -3.13. The van der Waals surface area contributed by atoms with Gasteiger partial charge in [0.05, 0.1) is 27.7 Å². The third-order valence-corrected chi connectivity index (χ3v) is 6.54. The van der Waals surface area contributed by atoms with Crippen LogP contribution in [-0.4, -0.2) is 10.4 Å². The molecular weight excluding hydrogens is 368 g/mol. The number of hydrogen-bond acceptors (Lipinski definition) is 6. The van der Waals surface area contributed by atoms with Gasteiger partial charge in [-0.15, -0.1) is 28.6 Å². The van der Waals surface area contributed by atoms with E-state index in [9.17, 15) is 8.78 Å². The van der Waals surface area contributed by atoms with E-state index in [0.29, 0.717) is 22.3 Å². The van der Waals surface area contributed by atoms with Crippen LogP contribution in [0.15, 0.2) is 17.5 Å². The first kappa shape index (κ1) is 17.3. The molecule has 0 spiro atoms. The number of hydrogen-bond donors (Lipinski definition) is 2. The molecular formula is C16H15F2N3S3. The van der Waals surface area contributed by atoms with E-state index in [0.717, 1.165) is 16.3 Å². The first-order valence-corrected chi connectivity index (χ1v) is 9.67. The Morgan fingerprint density at radius 3 is 2.88 bits per heavy atom. The van der Waals surface area contributed by atoms with E-state index in [-0.39, 0.29) is 4.88 Å². The van der Waals surface area contributed by atoms with Gasteiger partial charge in [-0.05, 0) is 36.8 Å². The number of fused-ring (bicyclic) bond motifs is 1. The average molecular weight is 384 g/mol. The van der Waals surface area contributed by atoms with Crippen molar-refractivity contribution in [2.75, 3.05) is 5.32 Å². The number of aromatic nitrogens is 1. The summed E-state index contributed by atoms with van der Waals surface area (Å²) in [6, 6.07) is 2.71. The molecule has 0 bridgehead atoms. The van der Waals surface area contributed by atoms with Crippen LogP contribution in [0.2, 0.25) is 0 Å². The summed E-state index contributed by atoms with van der Waals surface area (Å²) in [6.07, 6.45) is 0. The Hall–Kier alpha value is -1.53. The second-order valence-electron chi connectivity index (χ2n) is 5.22. The van der Waals surface area contributed by atoms with Crippen LogP contribution >= 0.6 is 34.2 Å². The van der Waals surface area contributed by atoms with E-state index in [4.69, 9.17) is 5.73 Å². The molecule has 0 aliphatic heterocycles. The van der Waals surface area contributed by atoms with Crippen molar-refractivity contribution < 1.29 is 8.78 Å². The van der Waals surface area contributed by atoms with Crippen LogP contribution in [0.1, 0.15) is 29.2 Å². The van der Waals surface area contributed by atoms with Gasteiger partial charge in [-0.2, -0.15) is 13.2 Å². The van der Waals surface area contributed by atoms with Crippen molar-refractivity contribution in [3.63, 3.8) is 0 Å². The predicted molar refractivity (Wildman–Crippen MR) is 99.2 cm³/mol. The third-order valence-electron chi connectivity index (χ3n) is 3.45. The summed E-state index contributed by atoms with van der Waals surface area (Å²) in [6.45, 7) is 3.57. The summed E-state index contributed by atoms with van der Waals surface area (Å²) in [5.41, 5.74) is 6.32. The molecule has 0 amide bonds. The summed E-state index contributed by atoms with van der Waals surface area (Å²) in [5, 5.41) is 6.07. The number of thiophene rings is 2. The molecule has 0 aromatic carbocycles.